The third-order valence-corrected chi connectivity index (χ3v) is 5.73. The lowest BCUT2D eigenvalue weighted by Crippen LogP contribution is -2.34. The molecule has 1 unspecified atom stereocenters. The molecule has 1 aliphatic heterocycles. The Morgan fingerprint density at radius 2 is 1.72 bits per heavy atom. The van der Waals surface area contributed by atoms with Crippen LogP contribution in [0.2, 0.25) is 0 Å². The first-order valence-electron chi connectivity index (χ1n) is 9.39. The van der Waals surface area contributed by atoms with Gasteiger partial charge in [0.1, 0.15) is 5.75 Å². The third kappa shape index (κ3) is 2.68. The van der Waals surface area contributed by atoms with Crippen molar-refractivity contribution < 1.29 is 9.53 Å². The number of aryl methyl sites for hydroxylation is 1. The van der Waals surface area contributed by atoms with E-state index in [-0.39, 0.29) is 23.3 Å². The molecule has 0 fully saturated rings. The molecule has 2 aromatic carbocycles. The van der Waals surface area contributed by atoms with Crippen LogP contribution in [0.1, 0.15) is 29.2 Å². The molecule has 1 N–H and O–H groups in total. The highest BCUT2D eigenvalue weighted by atomic mass is 16.5. The van der Waals surface area contributed by atoms with Gasteiger partial charge >= 0.3 is 5.97 Å². The van der Waals surface area contributed by atoms with E-state index in [2.05, 4.69) is 4.98 Å². The zero-order valence-electron chi connectivity index (χ0n) is 16.0. The lowest BCUT2D eigenvalue weighted by Gasteiger charge is -2.25. The Hall–Kier alpha value is -3.67. The van der Waals surface area contributed by atoms with Crippen LogP contribution in [0.4, 0.5) is 0 Å². The molecule has 1 atom stereocenters. The number of rotatable bonds is 1. The second kappa shape index (κ2) is 6.17. The van der Waals surface area contributed by atoms with Crippen molar-refractivity contribution in [3.05, 3.63) is 86.1 Å². The number of nitrogens with zero attached hydrogens (tertiary/aromatic N) is 1. The van der Waals surface area contributed by atoms with Crippen molar-refractivity contribution >= 4 is 27.6 Å². The number of H-pyrrole nitrogens is 1. The zero-order valence-corrected chi connectivity index (χ0v) is 16.0. The number of ether oxygens (including phenoxy) is 1. The fourth-order valence-electron chi connectivity index (χ4n) is 4.09. The van der Waals surface area contributed by atoms with Gasteiger partial charge in [0.25, 0.3) is 11.1 Å². The number of aromatic nitrogens is 2. The van der Waals surface area contributed by atoms with Crippen molar-refractivity contribution in [3.63, 3.8) is 0 Å². The highest BCUT2D eigenvalue weighted by Crippen LogP contribution is 2.36. The summed E-state index contributed by atoms with van der Waals surface area (Å²) >= 11 is 0. The average Bonchev–Trinajstić information content (AvgIpc) is 2.69. The summed E-state index contributed by atoms with van der Waals surface area (Å²) in [5, 5.41) is 2.93. The predicted octanol–water partition coefficient (Wildman–Crippen LogP) is 3.13. The Morgan fingerprint density at radius 3 is 2.48 bits per heavy atom. The minimum absolute atomic E-state index is 0.0481. The standard InChI is InChI=1S/C23H18N2O4/c1-12-7-19-21(23(28)25(12)2)16(11-20(26)29-19)17-9-15-8-13-5-3-4-6-14(13)10-18(15)24-22(17)27/h3-10,16H,11H2,1-2H3,(H,24,27). The summed E-state index contributed by atoms with van der Waals surface area (Å²) in [5.74, 6) is -0.858. The molecule has 0 aliphatic carbocycles. The summed E-state index contributed by atoms with van der Waals surface area (Å²) in [6.07, 6.45) is -0.0481. The molecule has 29 heavy (non-hydrogen) atoms. The Kier molecular flexibility index (Phi) is 3.71. The fraction of sp³-hybridized carbons (Fsp3) is 0.174. The van der Waals surface area contributed by atoms with E-state index in [1.807, 2.05) is 36.4 Å². The molecule has 1 aliphatic rings. The minimum atomic E-state index is -0.648. The molecule has 0 saturated heterocycles. The molecule has 0 amide bonds. The van der Waals surface area contributed by atoms with Gasteiger partial charge in [0.05, 0.1) is 12.0 Å². The number of hydrogen-bond donors (Lipinski definition) is 1. The molecular formula is C23H18N2O4. The predicted molar refractivity (Wildman–Crippen MR) is 111 cm³/mol. The molecule has 6 heteroatoms. The highest BCUT2D eigenvalue weighted by Gasteiger charge is 2.33. The van der Waals surface area contributed by atoms with Gasteiger partial charge in [-0.1, -0.05) is 24.3 Å². The van der Waals surface area contributed by atoms with Crippen molar-refractivity contribution in [3.8, 4) is 5.75 Å². The number of benzene rings is 2. The van der Waals surface area contributed by atoms with Crippen molar-refractivity contribution in [2.45, 2.75) is 19.3 Å². The SMILES string of the molecule is Cc1cc2c(c(=O)n1C)C(c1cc3cc4ccccc4cc3[nH]c1=O)CC(=O)O2. The summed E-state index contributed by atoms with van der Waals surface area (Å²) in [4.78, 5) is 41.0. The maximum atomic E-state index is 12.9. The van der Waals surface area contributed by atoms with Gasteiger partial charge in [-0.2, -0.15) is 0 Å². The maximum Gasteiger partial charge on any atom is 0.312 e. The number of fused-ring (bicyclic) bond motifs is 3. The topological polar surface area (TPSA) is 81.2 Å². The van der Waals surface area contributed by atoms with Gasteiger partial charge in [0.2, 0.25) is 0 Å². The molecular weight excluding hydrogens is 368 g/mol. The van der Waals surface area contributed by atoms with Crippen LogP contribution in [0.5, 0.6) is 5.75 Å². The maximum absolute atomic E-state index is 12.9. The number of esters is 1. The van der Waals surface area contributed by atoms with Crippen molar-refractivity contribution in [1.29, 1.82) is 0 Å². The lowest BCUT2D eigenvalue weighted by atomic mass is 9.87. The van der Waals surface area contributed by atoms with Crippen LogP contribution < -0.4 is 15.9 Å². The normalized spacial score (nSPS) is 16.1. The Bertz CT molecular complexity index is 1450. The molecule has 0 spiro atoms. The third-order valence-electron chi connectivity index (χ3n) is 5.73. The van der Waals surface area contributed by atoms with Crippen molar-refractivity contribution in [2.24, 2.45) is 7.05 Å². The minimum Gasteiger partial charge on any atom is -0.426 e. The summed E-state index contributed by atoms with van der Waals surface area (Å²) < 4.78 is 6.83. The van der Waals surface area contributed by atoms with Crippen LogP contribution in [0.3, 0.4) is 0 Å². The van der Waals surface area contributed by atoms with Crippen LogP contribution in [-0.2, 0) is 11.8 Å². The average molecular weight is 386 g/mol. The van der Waals surface area contributed by atoms with Gasteiger partial charge in [0, 0.05) is 35.8 Å². The molecule has 144 valence electrons. The van der Waals surface area contributed by atoms with Crippen LogP contribution in [-0.4, -0.2) is 15.5 Å². The first-order chi connectivity index (χ1) is 13.9. The molecule has 2 aromatic heterocycles. The van der Waals surface area contributed by atoms with E-state index in [9.17, 15) is 14.4 Å². The number of aromatic amines is 1. The van der Waals surface area contributed by atoms with E-state index in [0.29, 0.717) is 22.3 Å². The van der Waals surface area contributed by atoms with Crippen LogP contribution in [0.25, 0.3) is 21.7 Å². The molecule has 5 rings (SSSR count). The number of pyridine rings is 2. The van der Waals surface area contributed by atoms with Crippen LogP contribution >= 0.6 is 0 Å². The zero-order chi connectivity index (χ0) is 20.3. The summed E-state index contributed by atoms with van der Waals surface area (Å²) in [7, 11) is 1.67. The molecule has 6 nitrogen and oxygen atoms in total. The van der Waals surface area contributed by atoms with Gasteiger partial charge in [-0.3, -0.25) is 14.4 Å². The van der Waals surface area contributed by atoms with Crippen LogP contribution in [0.15, 0.2) is 58.1 Å². The van der Waals surface area contributed by atoms with Gasteiger partial charge in [-0.05, 0) is 41.3 Å². The van der Waals surface area contributed by atoms with Crippen LogP contribution in [0, 0.1) is 6.92 Å². The molecule has 3 heterocycles. The second-order valence-electron chi connectivity index (χ2n) is 7.50. The number of hydrogen-bond acceptors (Lipinski definition) is 4. The Morgan fingerprint density at radius 1 is 1.00 bits per heavy atom. The van der Waals surface area contributed by atoms with Gasteiger partial charge < -0.3 is 14.3 Å². The highest BCUT2D eigenvalue weighted by molar-refractivity contribution is 5.96. The molecule has 0 radical (unpaired) electrons. The Labute approximate surface area is 165 Å². The summed E-state index contributed by atoms with van der Waals surface area (Å²) in [6, 6.07) is 15.3. The summed E-state index contributed by atoms with van der Waals surface area (Å²) in [6.45, 7) is 1.77. The Balaban J connectivity index is 1.78. The summed E-state index contributed by atoms with van der Waals surface area (Å²) in [5.41, 5.74) is 1.58. The van der Waals surface area contributed by atoms with Gasteiger partial charge in [-0.25, -0.2) is 0 Å². The van der Waals surface area contributed by atoms with E-state index < -0.39 is 11.9 Å². The first-order valence-corrected chi connectivity index (χ1v) is 9.39. The fourth-order valence-corrected chi connectivity index (χ4v) is 4.09. The first kappa shape index (κ1) is 17.4. The van der Waals surface area contributed by atoms with E-state index in [4.69, 9.17) is 4.74 Å². The van der Waals surface area contributed by atoms with Crippen molar-refractivity contribution in [1.82, 2.24) is 9.55 Å². The smallest absolute Gasteiger partial charge is 0.312 e. The monoisotopic (exact) mass is 386 g/mol. The van der Waals surface area contributed by atoms with Gasteiger partial charge in [-0.15, -0.1) is 0 Å². The van der Waals surface area contributed by atoms with Crippen molar-refractivity contribution in [2.75, 3.05) is 0 Å². The number of carbonyl (C=O) groups excluding carboxylic acids is 1. The largest absolute Gasteiger partial charge is 0.426 e. The van der Waals surface area contributed by atoms with E-state index in [1.54, 1.807) is 26.1 Å². The number of carbonyl (C=O) groups is 1. The second-order valence-corrected chi connectivity index (χ2v) is 7.50. The van der Waals surface area contributed by atoms with E-state index >= 15 is 0 Å². The molecule has 4 aromatic rings. The van der Waals surface area contributed by atoms with E-state index in [1.165, 1.54) is 4.57 Å². The molecule has 0 bridgehead atoms. The molecule has 0 saturated carbocycles. The quantitative estimate of drug-likeness (QED) is 0.403. The lowest BCUT2D eigenvalue weighted by molar-refractivity contribution is -0.135. The van der Waals surface area contributed by atoms with Gasteiger partial charge in [0.15, 0.2) is 0 Å². The number of nitrogens with one attached hydrogen (secondary N) is 1. The van der Waals surface area contributed by atoms with E-state index in [0.717, 1.165) is 16.2 Å².